The molecule has 1 aliphatic carbocycles. The van der Waals surface area contributed by atoms with Gasteiger partial charge in [0.05, 0.1) is 6.61 Å². The van der Waals surface area contributed by atoms with Crippen molar-refractivity contribution < 1.29 is 22.6 Å². The van der Waals surface area contributed by atoms with E-state index in [2.05, 4.69) is 10.1 Å². The Kier molecular flexibility index (Phi) is 5.47. The molecule has 118 valence electrons. The maximum Gasteiger partial charge on any atom is 0.414 e. The highest BCUT2D eigenvalue weighted by molar-refractivity contribution is 5.28. The first-order chi connectivity index (χ1) is 9.95. The fourth-order valence-electron chi connectivity index (χ4n) is 1.77. The highest BCUT2D eigenvalue weighted by Crippen LogP contribution is 2.22. The number of rotatable bonds is 8. The van der Waals surface area contributed by atoms with Crippen molar-refractivity contribution in [3.05, 3.63) is 29.8 Å². The van der Waals surface area contributed by atoms with Crippen LogP contribution in [0.1, 0.15) is 25.3 Å². The number of halogens is 3. The number of hydrogen-bond acceptors (Lipinski definition) is 3. The second-order valence-electron chi connectivity index (χ2n) is 5.21. The van der Waals surface area contributed by atoms with Gasteiger partial charge in [0.2, 0.25) is 0 Å². The molecule has 1 N–H and O–H groups in total. The van der Waals surface area contributed by atoms with Gasteiger partial charge in [-0.3, -0.25) is 0 Å². The van der Waals surface area contributed by atoms with Crippen molar-refractivity contribution in [2.24, 2.45) is 0 Å². The summed E-state index contributed by atoms with van der Waals surface area (Å²) in [6, 6.07) is 8.17. The average molecular weight is 303 g/mol. The van der Waals surface area contributed by atoms with Crippen molar-refractivity contribution in [3.63, 3.8) is 0 Å². The maximum atomic E-state index is 12.2. The molecular weight excluding hydrogens is 283 g/mol. The van der Waals surface area contributed by atoms with Crippen LogP contribution in [0.15, 0.2) is 24.3 Å². The third-order valence-electron chi connectivity index (χ3n) is 3.25. The lowest BCUT2D eigenvalue weighted by Crippen LogP contribution is -2.29. The van der Waals surface area contributed by atoms with Crippen LogP contribution < -0.4 is 10.1 Å². The van der Waals surface area contributed by atoms with Gasteiger partial charge in [-0.15, -0.1) is 0 Å². The summed E-state index contributed by atoms with van der Waals surface area (Å²) >= 11 is 0. The van der Waals surface area contributed by atoms with Gasteiger partial charge in [0.25, 0.3) is 0 Å². The molecule has 0 bridgehead atoms. The smallest absolute Gasteiger partial charge is 0.414 e. The molecule has 1 aromatic rings. The van der Waals surface area contributed by atoms with E-state index in [4.69, 9.17) is 4.74 Å². The van der Waals surface area contributed by atoms with Crippen molar-refractivity contribution in [2.45, 2.75) is 44.6 Å². The van der Waals surface area contributed by atoms with E-state index in [-0.39, 0.29) is 13.2 Å². The molecule has 0 spiro atoms. The minimum atomic E-state index is -4.33. The molecule has 3 nitrogen and oxygen atoms in total. The highest BCUT2D eigenvalue weighted by Gasteiger charge is 2.36. The Labute approximate surface area is 122 Å². The molecule has 21 heavy (non-hydrogen) atoms. The van der Waals surface area contributed by atoms with Crippen LogP contribution in [-0.2, 0) is 11.3 Å². The fraction of sp³-hybridized carbons (Fsp3) is 0.600. The van der Waals surface area contributed by atoms with Gasteiger partial charge in [-0.2, -0.15) is 13.2 Å². The Morgan fingerprint density at radius 2 is 2.05 bits per heavy atom. The van der Waals surface area contributed by atoms with Crippen molar-refractivity contribution in [3.8, 4) is 5.75 Å². The zero-order valence-corrected chi connectivity index (χ0v) is 12.0. The second kappa shape index (κ2) is 7.13. The van der Waals surface area contributed by atoms with E-state index in [1.807, 2.05) is 18.2 Å². The molecule has 0 radical (unpaired) electrons. The lowest BCUT2D eigenvalue weighted by Gasteiger charge is -2.16. The summed E-state index contributed by atoms with van der Waals surface area (Å²) in [7, 11) is 0. The Bertz CT molecular complexity index is 447. The summed E-state index contributed by atoms with van der Waals surface area (Å²) in [5.41, 5.74) is 1.10. The standard InChI is InChI=1S/C15H20F3NO2/c1-11(15(16,17)18)20-7-8-21-14-4-2-3-12(9-14)10-19-13-5-6-13/h2-4,9,11,13,19H,5-8,10H2,1H3. The summed E-state index contributed by atoms with van der Waals surface area (Å²) in [5, 5.41) is 3.39. The monoisotopic (exact) mass is 303 g/mol. The molecule has 0 heterocycles. The van der Waals surface area contributed by atoms with Crippen LogP contribution in [0.2, 0.25) is 0 Å². The van der Waals surface area contributed by atoms with Crippen LogP contribution in [0.25, 0.3) is 0 Å². The molecule has 0 amide bonds. The largest absolute Gasteiger partial charge is 0.491 e. The molecule has 1 unspecified atom stereocenters. The highest BCUT2D eigenvalue weighted by atomic mass is 19.4. The number of hydrogen-bond donors (Lipinski definition) is 1. The molecule has 1 saturated carbocycles. The van der Waals surface area contributed by atoms with Gasteiger partial charge < -0.3 is 14.8 Å². The van der Waals surface area contributed by atoms with Gasteiger partial charge in [0.15, 0.2) is 6.10 Å². The minimum Gasteiger partial charge on any atom is -0.491 e. The summed E-state index contributed by atoms with van der Waals surface area (Å²) in [6.07, 6.45) is -3.64. The number of ether oxygens (including phenoxy) is 2. The first-order valence-corrected chi connectivity index (χ1v) is 7.08. The Morgan fingerprint density at radius 1 is 1.29 bits per heavy atom. The van der Waals surface area contributed by atoms with E-state index in [9.17, 15) is 13.2 Å². The van der Waals surface area contributed by atoms with Crippen LogP contribution in [0.3, 0.4) is 0 Å². The fourth-order valence-corrected chi connectivity index (χ4v) is 1.77. The molecule has 0 saturated heterocycles. The predicted molar refractivity (Wildman–Crippen MR) is 73.3 cm³/mol. The van der Waals surface area contributed by atoms with Gasteiger partial charge >= 0.3 is 6.18 Å². The molecule has 2 rings (SSSR count). The maximum absolute atomic E-state index is 12.2. The van der Waals surface area contributed by atoms with Crippen LogP contribution in [-0.4, -0.2) is 31.5 Å². The quantitative estimate of drug-likeness (QED) is 0.748. The molecular formula is C15H20F3NO2. The predicted octanol–water partition coefficient (Wildman–Crippen LogP) is 3.28. The first kappa shape index (κ1) is 16.1. The third-order valence-corrected chi connectivity index (χ3v) is 3.25. The van der Waals surface area contributed by atoms with Crippen LogP contribution in [0.4, 0.5) is 13.2 Å². The molecule has 1 aromatic carbocycles. The summed E-state index contributed by atoms with van der Waals surface area (Å²) in [5.74, 6) is 0.647. The third kappa shape index (κ3) is 5.93. The van der Waals surface area contributed by atoms with Crippen molar-refractivity contribution >= 4 is 0 Å². The molecule has 0 aliphatic heterocycles. The van der Waals surface area contributed by atoms with Crippen molar-refractivity contribution in [2.75, 3.05) is 13.2 Å². The van der Waals surface area contributed by atoms with Gasteiger partial charge in [-0.25, -0.2) is 0 Å². The number of benzene rings is 1. The van der Waals surface area contributed by atoms with Crippen LogP contribution in [0, 0.1) is 0 Å². The molecule has 1 aliphatic rings. The number of nitrogens with one attached hydrogen (secondary N) is 1. The van der Waals surface area contributed by atoms with Crippen LogP contribution in [0.5, 0.6) is 5.75 Å². The lowest BCUT2D eigenvalue weighted by molar-refractivity contribution is -0.215. The number of alkyl halides is 3. The molecule has 1 fully saturated rings. The Balaban J connectivity index is 1.68. The first-order valence-electron chi connectivity index (χ1n) is 7.08. The van der Waals surface area contributed by atoms with E-state index in [0.29, 0.717) is 11.8 Å². The van der Waals surface area contributed by atoms with E-state index in [1.54, 1.807) is 6.07 Å². The molecule has 1 atom stereocenters. The van der Waals surface area contributed by atoms with E-state index < -0.39 is 12.3 Å². The Morgan fingerprint density at radius 3 is 2.71 bits per heavy atom. The Hall–Kier alpha value is -1.27. The normalized spacial score (nSPS) is 16.8. The minimum absolute atomic E-state index is 0.0920. The average Bonchev–Trinajstić information content (AvgIpc) is 3.25. The summed E-state index contributed by atoms with van der Waals surface area (Å²) in [6.45, 7) is 1.78. The van der Waals surface area contributed by atoms with E-state index >= 15 is 0 Å². The van der Waals surface area contributed by atoms with Gasteiger partial charge in [0.1, 0.15) is 12.4 Å². The zero-order valence-electron chi connectivity index (χ0n) is 12.0. The second-order valence-corrected chi connectivity index (χ2v) is 5.21. The van der Waals surface area contributed by atoms with Crippen molar-refractivity contribution in [1.29, 1.82) is 0 Å². The topological polar surface area (TPSA) is 30.5 Å². The van der Waals surface area contributed by atoms with Gasteiger partial charge in [0, 0.05) is 12.6 Å². The summed E-state index contributed by atoms with van der Waals surface area (Å²) < 4.78 is 46.8. The van der Waals surface area contributed by atoms with E-state index in [1.165, 1.54) is 12.8 Å². The van der Waals surface area contributed by atoms with Gasteiger partial charge in [-0.1, -0.05) is 12.1 Å². The van der Waals surface area contributed by atoms with E-state index in [0.717, 1.165) is 19.0 Å². The lowest BCUT2D eigenvalue weighted by atomic mass is 10.2. The molecule has 0 aromatic heterocycles. The zero-order chi connectivity index (χ0) is 15.3. The van der Waals surface area contributed by atoms with Gasteiger partial charge in [-0.05, 0) is 37.5 Å². The summed E-state index contributed by atoms with van der Waals surface area (Å²) in [4.78, 5) is 0. The molecule has 6 heteroatoms. The van der Waals surface area contributed by atoms with Crippen molar-refractivity contribution in [1.82, 2.24) is 5.32 Å². The van der Waals surface area contributed by atoms with Crippen LogP contribution >= 0.6 is 0 Å². The SMILES string of the molecule is CC(OCCOc1cccc(CNC2CC2)c1)C(F)(F)F.